The summed E-state index contributed by atoms with van der Waals surface area (Å²) in [5.74, 6) is -0.0244. The number of anilines is 1. The minimum Gasteiger partial charge on any atom is -0.334 e. The average molecular weight is 357 g/mol. The van der Waals surface area contributed by atoms with E-state index in [1.807, 2.05) is 37.1 Å². The van der Waals surface area contributed by atoms with Crippen LogP contribution in [0.2, 0.25) is 0 Å². The molecule has 0 saturated heterocycles. The summed E-state index contributed by atoms with van der Waals surface area (Å²) in [7, 11) is 1.81. The van der Waals surface area contributed by atoms with Crippen molar-refractivity contribution in [2.45, 2.75) is 26.3 Å². The molecule has 2 aromatic rings. The average Bonchev–Trinajstić information content (AvgIpc) is 3.09. The SMILES string of the molecule is CNCCC(=O)Nc1cccc(C(=O)N2CCc3sccc3C2)c1C. The zero-order chi connectivity index (χ0) is 17.8. The molecular formula is C19H23N3O2S. The summed E-state index contributed by atoms with van der Waals surface area (Å²) in [6.45, 7) is 3.92. The number of nitrogens with one attached hydrogen (secondary N) is 2. The third-order valence-corrected chi connectivity index (χ3v) is 5.56. The second-order valence-corrected chi connectivity index (χ2v) is 7.23. The van der Waals surface area contributed by atoms with E-state index in [0.717, 1.165) is 18.5 Å². The van der Waals surface area contributed by atoms with Gasteiger partial charge in [0.1, 0.15) is 0 Å². The molecule has 132 valence electrons. The maximum atomic E-state index is 13.0. The van der Waals surface area contributed by atoms with Gasteiger partial charge in [-0.1, -0.05) is 6.07 Å². The van der Waals surface area contributed by atoms with E-state index in [2.05, 4.69) is 22.1 Å². The highest BCUT2D eigenvalue weighted by Gasteiger charge is 2.24. The Labute approximate surface area is 152 Å². The van der Waals surface area contributed by atoms with Crippen molar-refractivity contribution in [3.8, 4) is 0 Å². The van der Waals surface area contributed by atoms with Gasteiger partial charge in [-0.3, -0.25) is 9.59 Å². The highest BCUT2D eigenvalue weighted by atomic mass is 32.1. The van der Waals surface area contributed by atoms with Gasteiger partial charge < -0.3 is 15.5 Å². The smallest absolute Gasteiger partial charge is 0.254 e. The molecule has 0 saturated carbocycles. The van der Waals surface area contributed by atoms with Crippen LogP contribution in [-0.4, -0.2) is 36.9 Å². The predicted octanol–water partition coefficient (Wildman–Crippen LogP) is 2.80. The largest absolute Gasteiger partial charge is 0.334 e. The molecule has 0 fully saturated rings. The lowest BCUT2D eigenvalue weighted by Crippen LogP contribution is -2.35. The number of hydrogen-bond donors (Lipinski definition) is 2. The fourth-order valence-electron chi connectivity index (χ4n) is 3.05. The maximum Gasteiger partial charge on any atom is 0.254 e. The molecular weight excluding hydrogens is 334 g/mol. The number of fused-ring (bicyclic) bond motifs is 1. The quantitative estimate of drug-likeness (QED) is 0.865. The van der Waals surface area contributed by atoms with E-state index in [9.17, 15) is 9.59 Å². The molecule has 1 aromatic carbocycles. The molecule has 2 N–H and O–H groups in total. The number of hydrogen-bond acceptors (Lipinski definition) is 4. The van der Waals surface area contributed by atoms with E-state index in [1.165, 1.54) is 10.4 Å². The zero-order valence-electron chi connectivity index (χ0n) is 14.6. The van der Waals surface area contributed by atoms with Crippen LogP contribution in [0.4, 0.5) is 5.69 Å². The summed E-state index contributed by atoms with van der Waals surface area (Å²) in [5, 5.41) is 7.95. The van der Waals surface area contributed by atoms with Crippen LogP contribution in [0, 0.1) is 6.92 Å². The van der Waals surface area contributed by atoms with Gasteiger partial charge in [0.2, 0.25) is 5.91 Å². The lowest BCUT2D eigenvalue weighted by Gasteiger charge is -2.28. The van der Waals surface area contributed by atoms with Crippen molar-refractivity contribution in [1.29, 1.82) is 0 Å². The molecule has 0 atom stereocenters. The summed E-state index contributed by atoms with van der Waals surface area (Å²) in [6.07, 6.45) is 1.32. The molecule has 2 amide bonds. The Bertz CT molecular complexity index is 785. The lowest BCUT2D eigenvalue weighted by molar-refractivity contribution is -0.116. The Morgan fingerprint density at radius 3 is 2.92 bits per heavy atom. The molecule has 1 aliphatic rings. The van der Waals surface area contributed by atoms with Crippen LogP contribution in [0.3, 0.4) is 0 Å². The third-order valence-electron chi connectivity index (χ3n) is 4.54. The van der Waals surface area contributed by atoms with Crippen molar-refractivity contribution in [2.75, 3.05) is 25.5 Å². The van der Waals surface area contributed by atoms with Gasteiger partial charge in [0.25, 0.3) is 5.91 Å². The standard InChI is InChI=1S/C19H23N3O2S/c1-13-15(4-3-5-16(13)21-18(23)6-9-20-2)19(24)22-10-7-17-14(12-22)8-11-25-17/h3-5,8,11,20H,6-7,9-10,12H2,1-2H3,(H,21,23). The van der Waals surface area contributed by atoms with E-state index in [-0.39, 0.29) is 11.8 Å². The predicted molar refractivity (Wildman–Crippen MR) is 101 cm³/mol. The number of rotatable bonds is 5. The Hall–Kier alpha value is -2.18. The van der Waals surface area contributed by atoms with Crippen LogP contribution in [-0.2, 0) is 17.8 Å². The van der Waals surface area contributed by atoms with E-state index in [0.29, 0.717) is 30.8 Å². The van der Waals surface area contributed by atoms with Crippen LogP contribution in [0.5, 0.6) is 0 Å². The number of amides is 2. The summed E-state index contributed by atoms with van der Waals surface area (Å²) in [6, 6.07) is 7.61. The second-order valence-electron chi connectivity index (χ2n) is 6.23. The minimum absolute atomic E-state index is 0.0284. The van der Waals surface area contributed by atoms with Crippen molar-refractivity contribution in [3.63, 3.8) is 0 Å². The summed E-state index contributed by atoms with van der Waals surface area (Å²) in [4.78, 5) is 28.2. The minimum atomic E-state index is -0.0528. The van der Waals surface area contributed by atoms with Crippen LogP contribution >= 0.6 is 11.3 Å². The Morgan fingerprint density at radius 1 is 1.28 bits per heavy atom. The van der Waals surface area contributed by atoms with E-state index in [1.54, 1.807) is 11.3 Å². The van der Waals surface area contributed by atoms with Crippen molar-refractivity contribution in [3.05, 3.63) is 51.2 Å². The molecule has 0 radical (unpaired) electrons. The van der Waals surface area contributed by atoms with Gasteiger partial charge in [-0.15, -0.1) is 11.3 Å². The Balaban J connectivity index is 1.75. The molecule has 0 bridgehead atoms. The molecule has 1 aliphatic heterocycles. The van der Waals surface area contributed by atoms with Gasteiger partial charge in [-0.2, -0.15) is 0 Å². The fourth-order valence-corrected chi connectivity index (χ4v) is 3.94. The number of carbonyl (C=O) groups excluding carboxylic acids is 2. The first-order chi connectivity index (χ1) is 12.1. The van der Waals surface area contributed by atoms with Crippen molar-refractivity contribution in [1.82, 2.24) is 10.2 Å². The van der Waals surface area contributed by atoms with Crippen LogP contribution < -0.4 is 10.6 Å². The van der Waals surface area contributed by atoms with Crippen LogP contribution in [0.25, 0.3) is 0 Å². The number of nitrogens with zero attached hydrogens (tertiary/aromatic N) is 1. The summed E-state index contributed by atoms with van der Waals surface area (Å²) >= 11 is 1.76. The van der Waals surface area contributed by atoms with Crippen molar-refractivity contribution in [2.24, 2.45) is 0 Å². The Morgan fingerprint density at radius 2 is 2.12 bits per heavy atom. The van der Waals surface area contributed by atoms with Crippen LogP contribution in [0.1, 0.15) is 32.8 Å². The second kappa shape index (κ2) is 7.80. The van der Waals surface area contributed by atoms with Gasteiger partial charge in [0.15, 0.2) is 0 Å². The number of thiophene rings is 1. The van der Waals surface area contributed by atoms with E-state index in [4.69, 9.17) is 0 Å². The lowest BCUT2D eigenvalue weighted by atomic mass is 10.0. The van der Waals surface area contributed by atoms with Gasteiger partial charge in [-0.05, 0) is 55.1 Å². The van der Waals surface area contributed by atoms with Gasteiger partial charge in [-0.25, -0.2) is 0 Å². The first-order valence-electron chi connectivity index (χ1n) is 8.48. The Kier molecular flexibility index (Phi) is 5.50. The molecule has 3 rings (SSSR count). The van der Waals surface area contributed by atoms with Crippen molar-refractivity contribution >= 4 is 28.8 Å². The molecule has 6 heteroatoms. The van der Waals surface area contributed by atoms with E-state index < -0.39 is 0 Å². The topological polar surface area (TPSA) is 61.4 Å². The zero-order valence-corrected chi connectivity index (χ0v) is 15.4. The normalized spacial score (nSPS) is 13.4. The monoisotopic (exact) mass is 357 g/mol. The molecule has 1 aromatic heterocycles. The molecule has 2 heterocycles. The molecule has 0 unspecified atom stereocenters. The van der Waals surface area contributed by atoms with Gasteiger partial charge in [0, 0.05) is 42.2 Å². The maximum absolute atomic E-state index is 13.0. The summed E-state index contributed by atoms with van der Waals surface area (Å²) in [5.41, 5.74) is 3.44. The molecule has 0 spiro atoms. The van der Waals surface area contributed by atoms with Gasteiger partial charge in [0.05, 0.1) is 0 Å². The van der Waals surface area contributed by atoms with Crippen molar-refractivity contribution < 1.29 is 9.59 Å². The third kappa shape index (κ3) is 3.91. The van der Waals surface area contributed by atoms with Gasteiger partial charge >= 0.3 is 0 Å². The first kappa shape index (κ1) is 17.6. The summed E-state index contributed by atoms with van der Waals surface area (Å²) < 4.78 is 0. The fraction of sp³-hybridized carbons (Fsp3) is 0.368. The highest BCUT2D eigenvalue weighted by molar-refractivity contribution is 7.10. The van der Waals surface area contributed by atoms with Crippen LogP contribution in [0.15, 0.2) is 29.6 Å². The number of benzene rings is 1. The highest BCUT2D eigenvalue weighted by Crippen LogP contribution is 2.27. The molecule has 5 nitrogen and oxygen atoms in total. The van der Waals surface area contributed by atoms with E-state index >= 15 is 0 Å². The molecule has 25 heavy (non-hydrogen) atoms. The first-order valence-corrected chi connectivity index (χ1v) is 9.36. The molecule has 0 aliphatic carbocycles. The number of carbonyl (C=O) groups is 2.